The highest BCUT2D eigenvalue weighted by molar-refractivity contribution is 5.70. The van der Waals surface area contributed by atoms with Gasteiger partial charge >= 0.3 is 11.9 Å². The third-order valence-corrected chi connectivity index (χ3v) is 4.07. The predicted molar refractivity (Wildman–Crippen MR) is 108 cm³/mol. The Bertz CT molecular complexity index is 776. The number of carboxylic acids is 1. The molecular formula is C22H27NO5. The first-order chi connectivity index (χ1) is 13.4. The molecule has 2 aromatic rings. The number of unbranched alkanes of at least 4 members (excludes halogenated alkanes) is 1. The van der Waals surface area contributed by atoms with Crippen LogP contribution in [-0.2, 0) is 14.3 Å². The molecule has 0 amide bonds. The SMILES string of the molecule is Cc1cc(Nc2ccccc2)ccc1OCC(C)OC(=O)CCCCC(=O)O. The van der Waals surface area contributed by atoms with Crippen molar-refractivity contribution in [3.8, 4) is 5.75 Å². The van der Waals surface area contributed by atoms with Gasteiger partial charge < -0.3 is 19.9 Å². The molecule has 0 bridgehead atoms. The van der Waals surface area contributed by atoms with Crippen LogP contribution in [0.2, 0.25) is 0 Å². The van der Waals surface area contributed by atoms with E-state index >= 15 is 0 Å². The second-order valence-electron chi connectivity index (χ2n) is 6.68. The van der Waals surface area contributed by atoms with Crippen molar-refractivity contribution in [1.82, 2.24) is 0 Å². The summed E-state index contributed by atoms with van der Waals surface area (Å²) in [5, 5.41) is 11.9. The first kappa shape index (κ1) is 21.3. The zero-order valence-corrected chi connectivity index (χ0v) is 16.3. The second kappa shape index (κ2) is 11.0. The van der Waals surface area contributed by atoms with Crippen molar-refractivity contribution in [2.75, 3.05) is 11.9 Å². The molecule has 0 saturated heterocycles. The van der Waals surface area contributed by atoms with E-state index in [9.17, 15) is 9.59 Å². The largest absolute Gasteiger partial charge is 0.489 e. The van der Waals surface area contributed by atoms with Crippen molar-refractivity contribution >= 4 is 23.3 Å². The Labute approximate surface area is 165 Å². The highest BCUT2D eigenvalue weighted by Crippen LogP contribution is 2.24. The predicted octanol–water partition coefficient (Wildman–Crippen LogP) is 4.69. The van der Waals surface area contributed by atoms with Crippen molar-refractivity contribution < 1.29 is 24.2 Å². The summed E-state index contributed by atoms with van der Waals surface area (Å²) in [7, 11) is 0. The molecule has 2 rings (SSSR count). The number of carboxylic acid groups (broad SMARTS) is 1. The standard InChI is InChI=1S/C22H27NO5/c1-16-14-19(23-18-8-4-3-5-9-18)12-13-20(16)27-15-17(2)28-22(26)11-7-6-10-21(24)25/h3-5,8-9,12-14,17,23H,6-7,10-11,15H2,1-2H3,(H,24,25). The van der Waals surface area contributed by atoms with Crippen molar-refractivity contribution in [3.63, 3.8) is 0 Å². The number of esters is 1. The summed E-state index contributed by atoms with van der Waals surface area (Å²) in [6, 6.07) is 15.7. The summed E-state index contributed by atoms with van der Waals surface area (Å²) in [6.45, 7) is 3.99. The van der Waals surface area contributed by atoms with Gasteiger partial charge in [-0.2, -0.15) is 0 Å². The molecule has 0 aliphatic rings. The highest BCUT2D eigenvalue weighted by atomic mass is 16.6. The van der Waals surface area contributed by atoms with E-state index in [2.05, 4.69) is 5.32 Å². The van der Waals surface area contributed by atoms with Gasteiger partial charge in [-0.05, 0) is 62.6 Å². The molecule has 1 atom stereocenters. The molecule has 0 radical (unpaired) electrons. The molecule has 0 spiro atoms. The molecule has 6 heteroatoms. The summed E-state index contributed by atoms with van der Waals surface area (Å²) in [6.07, 6.45) is 0.885. The Balaban J connectivity index is 1.75. The molecule has 0 aromatic heterocycles. The van der Waals surface area contributed by atoms with Gasteiger partial charge in [0, 0.05) is 24.2 Å². The van der Waals surface area contributed by atoms with Crippen LogP contribution in [0.1, 0.15) is 38.2 Å². The van der Waals surface area contributed by atoms with Gasteiger partial charge in [-0.3, -0.25) is 9.59 Å². The molecule has 0 heterocycles. The fraction of sp³-hybridized carbons (Fsp3) is 0.364. The Kier molecular flexibility index (Phi) is 8.34. The summed E-state index contributed by atoms with van der Waals surface area (Å²) < 4.78 is 11.1. The lowest BCUT2D eigenvalue weighted by atomic mass is 10.2. The van der Waals surface area contributed by atoms with Gasteiger partial charge in [-0.1, -0.05) is 18.2 Å². The quantitative estimate of drug-likeness (QED) is 0.431. The third kappa shape index (κ3) is 7.70. The number of para-hydroxylation sites is 1. The van der Waals surface area contributed by atoms with Crippen LogP contribution in [0.5, 0.6) is 5.75 Å². The van der Waals surface area contributed by atoms with Gasteiger partial charge in [0.05, 0.1) is 0 Å². The van der Waals surface area contributed by atoms with E-state index in [1.165, 1.54) is 0 Å². The number of rotatable bonds is 11. The fourth-order valence-electron chi connectivity index (χ4n) is 2.65. The monoisotopic (exact) mass is 385 g/mol. The molecular weight excluding hydrogens is 358 g/mol. The average molecular weight is 385 g/mol. The van der Waals surface area contributed by atoms with E-state index in [0.717, 1.165) is 22.7 Å². The molecule has 28 heavy (non-hydrogen) atoms. The fourth-order valence-corrected chi connectivity index (χ4v) is 2.65. The van der Waals surface area contributed by atoms with E-state index in [1.54, 1.807) is 6.92 Å². The Morgan fingerprint density at radius 3 is 2.43 bits per heavy atom. The molecule has 6 nitrogen and oxygen atoms in total. The number of hydrogen-bond donors (Lipinski definition) is 2. The Morgan fingerprint density at radius 2 is 1.75 bits per heavy atom. The Morgan fingerprint density at radius 1 is 1.04 bits per heavy atom. The maximum Gasteiger partial charge on any atom is 0.306 e. The van der Waals surface area contributed by atoms with Crippen LogP contribution in [0, 0.1) is 6.92 Å². The van der Waals surface area contributed by atoms with E-state index in [0.29, 0.717) is 12.8 Å². The van der Waals surface area contributed by atoms with Crippen LogP contribution < -0.4 is 10.1 Å². The number of anilines is 2. The van der Waals surface area contributed by atoms with Crippen molar-refractivity contribution in [1.29, 1.82) is 0 Å². The number of aliphatic carboxylic acids is 1. The van der Waals surface area contributed by atoms with Crippen LogP contribution in [0.4, 0.5) is 11.4 Å². The third-order valence-electron chi connectivity index (χ3n) is 4.07. The number of ether oxygens (including phenoxy) is 2. The number of aryl methyl sites for hydroxylation is 1. The first-order valence-electron chi connectivity index (χ1n) is 9.41. The molecule has 1 unspecified atom stereocenters. The van der Waals surface area contributed by atoms with Crippen LogP contribution in [0.3, 0.4) is 0 Å². The summed E-state index contributed by atoms with van der Waals surface area (Å²) in [5.74, 6) is -0.445. The van der Waals surface area contributed by atoms with Gasteiger partial charge in [-0.15, -0.1) is 0 Å². The van der Waals surface area contributed by atoms with Gasteiger partial charge in [-0.25, -0.2) is 0 Å². The minimum atomic E-state index is -0.851. The van der Waals surface area contributed by atoms with Gasteiger partial charge in [0.2, 0.25) is 0 Å². The van der Waals surface area contributed by atoms with Gasteiger partial charge in [0.15, 0.2) is 0 Å². The smallest absolute Gasteiger partial charge is 0.306 e. The number of nitrogens with one attached hydrogen (secondary N) is 1. The molecule has 2 N–H and O–H groups in total. The lowest BCUT2D eigenvalue weighted by Crippen LogP contribution is -2.22. The van der Waals surface area contributed by atoms with E-state index < -0.39 is 5.97 Å². The molecule has 2 aromatic carbocycles. The van der Waals surface area contributed by atoms with Gasteiger partial charge in [0.25, 0.3) is 0 Å². The second-order valence-corrected chi connectivity index (χ2v) is 6.68. The summed E-state index contributed by atoms with van der Waals surface area (Å²) >= 11 is 0. The lowest BCUT2D eigenvalue weighted by Gasteiger charge is -2.16. The molecule has 0 aliphatic heterocycles. The minimum absolute atomic E-state index is 0.0698. The minimum Gasteiger partial charge on any atom is -0.489 e. The normalized spacial score (nSPS) is 11.5. The summed E-state index contributed by atoms with van der Waals surface area (Å²) in [5.41, 5.74) is 2.96. The molecule has 0 aliphatic carbocycles. The Hall–Kier alpha value is -3.02. The van der Waals surface area contributed by atoms with Crippen LogP contribution in [0.15, 0.2) is 48.5 Å². The highest BCUT2D eigenvalue weighted by Gasteiger charge is 2.11. The topological polar surface area (TPSA) is 84.9 Å². The average Bonchev–Trinajstić information content (AvgIpc) is 2.65. The van der Waals surface area contributed by atoms with Crippen molar-refractivity contribution in [3.05, 3.63) is 54.1 Å². The molecule has 150 valence electrons. The van der Waals surface area contributed by atoms with Crippen molar-refractivity contribution in [2.45, 2.75) is 45.6 Å². The summed E-state index contributed by atoms with van der Waals surface area (Å²) in [4.78, 5) is 22.2. The number of carbonyl (C=O) groups is 2. The van der Waals surface area contributed by atoms with Crippen LogP contribution in [-0.4, -0.2) is 29.8 Å². The van der Waals surface area contributed by atoms with E-state index in [4.69, 9.17) is 14.6 Å². The van der Waals surface area contributed by atoms with E-state index in [-0.39, 0.29) is 31.5 Å². The number of benzene rings is 2. The van der Waals surface area contributed by atoms with Crippen molar-refractivity contribution in [2.24, 2.45) is 0 Å². The molecule has 0 saturated carbocycles. The number of carbonyl (C=O) groups excluding carboxylic acids is 1. The van der Waals surface area contributed by atoms with Crippen LogP contribution >= 0.6 is 0 Å². The van der Waals surface area contributed by atoms with E-state index in [1.807, 2.05) is 55.5 Å². The number of hydrogen-bond acceptors (Lipinski definition) is 5. The zero-order chi connectivity index (χ0) is 20.4. The van der Waals surface area contributed by atoms with Gasteiger partial charge in [0.1, 0.15) is 18.5 Å². The first-order valence-corrected chi connectivity index (χ1v) is 9.41. The zero-order valence-electron chi connectivity index (χ0n) is 16.3. The molecule has 0 fully saturated rings. The maximum atomic E-state index is 11.8. The lowest BCUT2D eigenvalue weighted by molar-refractivity contribution is -0.150. The van der Waals surface area contributed by atoms with Crippen LogP contribution in [0.25, 0.3) is 0 Å². The maximum absolute atomic E-state index is 11.8.